The molecule has 0 saturated heterocycles. The largest absolute Gasteiger partial charge is 0.492 e. The first-order chi connectivity index (χ1) is 10.2. The Morgan fingerprint density at radius 2 is 2.05 bits per heavy atom. The monoisotopic (exact) mass is 291 g/mol. The first-order valence-electron chi connectivity index (χ1n) is 7.69. The number of amidine groups is 1. The van der Waals surface area contributed by atoms with Gasteiger partial charge in [0.15, 0.2) is 5.84 Å². The van der Waals surface area contributed by atoms with E-state index < -0.39 is 0 Å². The van der Waals surface area contributed by atoms with Gasteiger partial charge in [-0.2, -0.15) is 0 Å². The molecule has 1 saturated carbocycles. The molecule has 0 aromatic heterocycles. The van der Waals surface area contributed by atoms with Crippen molar-refractivity contribution < 1.29 is 9.94 Å². The van der Waals surface area contributed by atoms with Gasteiger partial charge in [0.1, 0.15) is 12.4 Å². The molecule has 5 heteroatoms. The van der Waals surface area contributed by atoms with E-state index in [-0.39, 0.29) is 5.84 Å². The lowest BCUT2D eigenvalue weighted by atomic mass is 10.2. The van der Waals surface area contributed by atoms with Gasteiger partial charge < -0.3 is 15.7 Å². The van der Waals surface area contributed by atoms with E-state index in [0.29, 0.717) is 12.2 Å². The summed E-state index contributed by atoms with van der Waals surface area (Å²) in [5.74, 6) is 0.928. The minimum Gasteiger partial charge on any atom is -0.492 e. The number of nitrogens with zero attached hydrogens (tertiary/aromatic N) is 2. The van der Waals surface area contributed by atoms with Crippen LogP contribution in [0.5, 0.6) is 5.75 Å². The standard InChI is InChI=1S/C16H25N3O2/c1-2-3-10-19(14-6-7-14)11-12-21-15-8-4-13(5-9-15)16(17)18-20/h4-5,8-9,14,20H,2-3,6-7,10-12H2,1H3,(H2,17,18). The molecule has 2 rings (SSSR count). The molecule has 0 atom stereocenters. The minimum absolute atomic E-state index is 0.112. The first-order valence-corrected chi connectivity index (χ1v) is 7.69. The van der Waals surface area contributed by atoms with E-state index in [9.17, 15) is 0 Å². The van der Waals surface area contributed by atoms with E-state index in [1.165, 1.54) is 32.2 Å². The Balaban J connectivity index is 1.77. The van der Waals surface area contributed by atoms with Crippen LogP contribution in [0, 0.1) is 0 Å². The first kappa shape index (κ1) is 15.6. The number of nitrogens with two attached hydrogens (primary N) is 1. The second kappa shape index (κ2) is 7.88. The molecule has 21 heavy (non-hydrogen) atoms. The lowest BCUT2D eigenvalue weighted by molar-refractivity contribution is 0.199. The summed E-state index contributed by atoms with van der Waals surface area (Å²) in [7, 11) is 0. The summed E-state index contributed by atoms with van der Waals surface area (Å²) in [6.07, 6.45) is 5.15. The Morgan fingerprint density at radius 1 is 1.33 bits per heavy atom. The van der Waals surface area contributed by atoms with E-state index in [1.807, 2.05) is 12.1 Å². The maximum Gasteiger partial charge on any atom is 0.170 e. The maximum atomic E-state index is 8.61. The molecule has 0 heterocycles. The third-order valence-electron chi connectivity index (χ3n) is 3.77. The number of hydrogen-bond donors (Lipinski definition) is 2. The Hall–Kier alpha value is -1.75. The summed E-state index contributed by atoms with van der Waals surface area (Å²) in [4.78, 5) is 2.54. The third kappa shape index (κ3) is 4.93. The van der Waals surface area contributed by atoms with E-state index in [0.717, 1.165) is 18.3 Å². The lowest BCUT2D eigenvalue weighted by Crippen LogP contribution is -2.31. The van der Waals surface area contributed by atoms with Crippen molar-refractivity contribution in [1.29, 1.82) is 0 Å². The van der Waals surface area contributed by atoms with Crippen LogP contribution in [-0.4, -0.2) is 41.7 Å². The highest BCUT2D eigenvalue weighted by Crippen LogP contribution is 2.26. The molecule has 1 aromatic rings. The van der Waals surface area contributed by atoms with Crippen molar-refractivity contribution in [1.82, 2.24) is 4.90 Å². The molecule has 3 N–H and O–H groups in total. The van der Waals surface area contributed by atoms with Crippen LogP contribution >= 0.6 is 0 Å². The highest BCUT2D eigenvalue weighted by molar-refractivity contribution is 5.97. The van der Waals surface area contributed by atoms with Crippen LogP contribution in [-0.2, 0) is 0 Å². The SMILES string of the molecule is CCCCN(CCOc1ccc(C(N)=NO)cc1)C1CC1. The zero-order valence-electron chi connectivity index (χ0n) is 12.7. The van der Waals surface area contributed by atoms with Crippen LogP contribution in [0.1, 0.15) is 38.2 Å². The van der Waals surface area contributed by atoms with Crippen LogP contribution < -0.4 is 10.5 Å². The zero-order chi connectivity index (χ0) is 15.1. The Morgan fingerprint density at radius 3 is 2.62 bits per heavy atom. The van der Waals surface area contributed by atoms with Crippen LogP contribution in [0.2, 0.25) is 0 Å². The van der Waals surface area contributed by atoms with Gasteiger partial charge >= 0.3 is 0 Å². The van der Waals surface area contributed by atoms with Gasteiger partial charge in [-0.25, -0.2) is 0 Å². The van der Waals surface area contributed by atoms with E-state index >= 15 is 0 Å². The summed E-state index contributed by atoms with van der Waals surface area (Å²) in [5.41, 5.74) is 6.21. The molecular formula is C16H25N3O2. The van der Waals surface area contributed by atoms with E-state index in [1.54, 1.807) is 12.1 Å². The van der Waals surface area contributed by atoms with Gasteiger partial charge in [0.05, 0.1) is 0 Å². The molecule has 0 spiro atoms. The average Bonchev–Trinajstić information content (AvgIpc) is 3.35. The summed E-state index contributed by atoms with van der Waals surface area (Å²) in [5, 5.41) is 11.6. The molecule has 1 aromatic carbocycles. The minimum atomic E-state index is 0.112. The van der Waals surface area contributed by atoms with Crippen LogP contribution in [0.25, 0.3) is 0 Å². The number of rotatable bonds is 9. The maximum absolute atomic E-state index is 8.61. The van der Waals surface area contributed by atoms with E-state index in [2.05, 4.69) is 17.0 Å². The molecule has 5 nitrogen and oxygen atoms in total. The van der Waals surface area contributed by atoms with Gasteiger partial charge in [0, 0.05) is 18.2 Å². The summed E-state index contributed by atoms with van der Waals surface area (Å²) in [6.45, 7) is 5.08. The summed E-state index contributed by atoms with van der Waals surface area (Å²) in [6, 6.07) is 8.06. The zero-order valence-corrected chi connectivity index (χ0v) is 12.7. The topological polar surface area (TPSA) is 71.1 Å². The predicted octanol–water partition coefficient (Wildman–Crippen LogP) is 2.42. The van der Waals surface area contributed by atoms with Crippen LogP contribution in [0.3, 0.4) is 0 Å². The summed E-state index contributed by atoms with van der Waals surface area (Å²) >= 11 is 0. The summed E-state index contributed by atoms with van der Waals surface area (Å²) < 4.78 is 5.78. The highest BCUT2D eigenvalue weighted by atomic mass is 16.5. The van der Waals surface area contributed by atoms with Crippen molar-refractivity contribution in [3.63, 3.8) is 0 Å². The van der Waals surface area contributed by atoms with Crippen LogP contribution in [0.15, 0.2) is 29.4 Å². The normalized spacial score (nSPS) is 15.4. The van der Waals surface area contributed by atoms with Gasteiger partial charge in [0.25, 0.3) is 0 Å². The Labute approximate surface area is 126 Å². The van der Waals surface area contributed by atoms with E-state index in [4.69, 9.17) is 15.7 Å². The van der Waals surface area contributed by atoms with Gasteiger partial charge in [-0.15, -0.1) is 0 Å². The number of hydrogen-bond acceptors (Lipinski definition) is 4. The van der Waals surface area contributed by atoms with Crippen molar-refractivity contribution in [3.05, 3.63) is 29.8 Å². The van der Waals surface area contributed by atoms with Crippen LogP contribution in [0.4, 0.5) is 0 Å². The fraction of sp³-hybridized carbons (Fsp3) is 0.562. The van der Waals surface area contributed by atoms with Gasteiger partial charge in [-0.1, -0.05) is 18.5 Å². The number of ether oxygens (including phenoxy) is 1. The van der Waals surface area contributed by atoms with Gasteiger partial charge in [0.2, 0.25) is 0 Å². The molecule has 0 aliphatic heterocycles. The molecule has 116 valence electrons. The molecule has 0 amide bonds. The van der Waals surface area contributed by atoms with Crippen molar-refractivity contribution in [2.24, 2.45) is 10.9 Å². The molecule has 1 aliphatic carbocycles. The smallest absolute Gasteiger partial charge is 0.170 e. The van der Waals surface area contributed by atoms with Crippen molar-refractivity contribution in [2.75, 3.05) is 19.7 Å². The average molecular weight is 291 g/mol. The fourth-order valence-corrected chi connectivity index (χ4v) is 2.34. The number of unbranched alkanes of at least 4 members (excludes halogenated alkanes) is 1. The predicted molar refractivity (Wildman–Crippen MR) is 84.0 cm³/mol. The second-order valence-corrected chi connectivity index (χ2v) is 5.48. The van der Waals surface area contributed by atoms with Crippen molar-refractivity contribution >= 4 is 5.84 Å². The van der Waals surface area contributed by atoms with Gasteiger partial charge in [-0.05, 0) is 50.1 Å². The van der Waals surface area contributed by atoms with Crippen molar-refractivity contribution in [2.45, 2.75) is 38.6 Å². The number of oxime groups is 1. The second-order valence-electron chi connectivity index (χ2n) is 5.48. The Kier molecular flexibility index (Phi) is 5.87. The highest BCUT2D eigenvalue weighted by Gasteiger charge is 2.27. The molecule has 1 fully saturated rings. The quantitative estimate of drug-likeness (QED) is 0.317. The molecule has 0 unspecified atom stereocenters. The number of benzene rings is 1. The lowest BCUT2D eigenvalue weighted by Gasteiger charge is -2.21. The molecule has 0 bridgehead atoms. The van der Waals surface area contributed by atoms with Crippen molar-refractivity contribution in [3.8, 4) is 5.75 Å². The molecular weight excluding hydrogens is 266 g/mol. The third-order valence-corrected chi connectivity index (χ3v) is 3.77. The Bertz CT molecular complexity index is 455. The molecule has 1 aliphatic rings. The fourth-order valence-electron chi connectivity index (χ4n) is 2.34. The molecule has 0 radical (unpaired) electrons. The van der Waals surface area contributed by atoms with Gasteiger partial charge in [-0.3, -0.25) is 4.90 Å².